The summed E-state index contributed by atoms with van der Waals surface area (Å²) < 4.78 is 32.6. The van der Waals surface area contributed by atoms with Gasteiger partial charge in [-0.05, 0) is 24.3 Å². The summed E-state index contributed by atoms with van der Waals surface area (Å²) in [6.45, 7) is -0.256. The fraction of sp³-hybridized carbons (Fsp3) is 0.125. The molecule has 1 aliphatic rings. The van der Waals surface area contributed by atoms with Gasteiger partial charge in [-0.3, -0.25) is 9.10 Å². The molecule has 1 heterocycles. The minimum absolute atomic E-state index is 0.0251. The van der Waals surface area contributed by atoms with Crippen LogP contribution in [0, 0.1) is 11.3 Å². The third-order valence-electron chi connectivity index (χ3n) is 3.63. The molecule has 8 heteroatoms. The molecule has 0 radical (unpaired) electrons. The first-order valence-corrected chi connectivity index (χ1v) is 8.46. The van der Waals surface area contributed by atoms with Gasteiger partial charge in [0, 0.05) is 0 Å². The average molecular weight is 343 g/mol. The number of rotatable bonds is 3. The van der Waals surface area contributed by atoms with E-state index in [1.54, 1.807) is 30.3 Å². The number of carbonyl (C=O) groups is 1. The maximum absolute atomic E-state index is 13.1. The Bertz CT molecular complexity index is 950. The fourth-order valence-electron chi connectivity index (χ4n) is 2.48. The number of anilines is 1. The van der Waals surface area contributed by atoms with E-state index >= 15 is 0 Å². The third-order valence-corrected chi connectivity index (χ3v) is 5.47. The highest BCUT2D eigenvalue weighted by Gasteiger charge is 2.37. The zero-order chi connectivity index (χ0) is 17.3. The topological polar surface area (TPSA) is 113 Å². The molecule has 0 fully saturated rings. The van der Waals surface area contributed by atoms with Crippen molar-refractivity contribution in [2.24, 2.45) is 5.73 Å². The maximum atomic E-state index is 13.1. The van der Waals surface area contributed by atoms with Gasteiger partial charge in [0.15, 0.2) is 6.10 Å². The van der Waals surface area contributed by atoms with Gasteiger partial charge >= 0.3 is 0 Å². The Morgan fingerprint density at radius 3 is 2.58 bits per heavy atom. The molecule has 2 aromatic carbocycles. The number of ether oxygens (including phenoxy) is 1. The van der Waals surface area contributed by atoms with Gasteiger partial charge < -0.3 is 10.5 Å². The second kappa shape index (κ2) is 5.86. The summed E-state index contributed by atoms with van der Waals surface area (Å²) >= 11 is 0. The Morgan fingerprint density at radius 2 is 1.88 bits per heavy atom. The van der Waals surface area contributed by atoms with Gasteiger partial charge in [-0.2, -0.15) is 5.26 Å². The Labute approximate surface area is 138 Å². The summed E-state index contributed by atoms with van der Waals surface area (Å²) in [7, 11) is -4.06. The number of sulfonamides is 1. The first-order chi connectivity index (χ1) is 11.4. The minimum Gasteiger partial charge on any atom is -0.476 e. The van der Waals surface area contributed by atoms with Crippen molar-refractivity contribution in [3.8, 4) is 11.8 Å². The number of hydrogen-bond donors (Lipinski definition) is 1. The van der Waals surface area contributed by atoms with Crippen molar-refractivity contribution in [1.82, 2.24) is 0 Å². The van der Waals surface area contributed by atoms with Gasteiger partial charge in [0.05, 0.1) is 17.8 Å². The summed E-state index contributed by atoms with van der Waals surface area (Å²) in [4.78, 5) is 11.4. The third kappa shape index (κ3) is 2.55. The molecule has 122 valence electrons. The van der Waals surface area contributed by atoms with Crippen LogP contribution < -0.4 is 14.8 Å². The van der Waals surface area contributed by atoms with Gasteiger partial charge in [-0.1, -0.05) is 24.3 Å². The number of amides is 1. The smallest absolute Gasteiger partial charge is 0.265 e. The molecule has 0 spiro atoms. The molecule has 2 aromatic rings. The van der Waals surface area contributed by atoms with E-state index in [1.807, 2.05) is 6.07 Å². The molecule has 0 unspecified atom stereocenters. The van der Waals surface area contributed by atoms with Crippen LogP contribution >= 0.6 is 0 Å². The van der Waals surface area contributed by atoms with E-state index < -0.39 is 22.0 Å². The molecule has 2 N–H and O–H groups in total. The van der Waals surface area contributed by atoms with Crippen LogP contribution in [0.3, 0.4) is 0 Å². The number of hydrogen-bond acceptors (Lipinski definition) is 5. The second-order valence-electron chi connectivity index (χ2n) is 5.12. The van der Waals surface area contributed by atoms with Crippen molar-refractivity contribution < 1.29 is 17.9 Å². The van der Waals surface area contributed by atoms with Crippen LogP contribution in [0.5, 0.6) is 5.75 Å². The maximum Gasteiger partial charge on any atom is 0.265 e. The Morgan fingerprint density at radius 1 is 1.21 bits per heavy atom. The fourth-order valence-corrected chi connectivity index (χ4v) is 4.10. The van der Waals surface area contributed by atoms with Gasteiger partial charge in [-0.15, -0.1) is 0 Å². The van der Waals surface area contributed by atoms with Gasteiger partial charge in [0.25, 0.3) is 15.9 Å². The lowest BCUT2D eigenvalue weighted by Gasteiger charge is -2.34. The van der Waals surface area contributed by atoms with Crippen molar-refractivity contribution in [1.29, 1.82) is 5.26 Å². The average Bonchev–Trinajstić information content (AvgIpc) is 2.60. The Balaban J connectivity index is 2.17. The predicted octanol–water partition coefficient (Wildman–Crippen LogP) is 1.000. The summed E-state index contributed by atoms with van der Waals surface area (Å²) in [6, 6.07) is 14.2. The van der Waals surface area contributed by atoms with E-state index in [1.165, 1.54) is 18.2 Å². The van der Waals surface area contributed by atoms with E-state index in [4.69, 9.17) is 10.5 Å². The predicted molar refractivity (Wildman–Crippen MR) is 85.7 cm³/mol. The normalized spacial score (nSPS) is 16.6. The number of nitriles is 1. The highest BCUT2D eigenvalue weighted by molar-refractivity contribution is 7.93. The lowest BCUT2D eigenvalue weighted by atomic mass is 10.2. The van der Waals surface area contributed by atoms with Crippen LogP contribution in [-0.2, 0) is 14.8 Å². The number of primary amides is 1. The van der Waals surface area contributed by atoms with Crippen molar-refractivity contribution in [2.45, 2.75) is 11.0 Å². The van der Waals surface area contributed by atoms with Gasteiger partial charge in [-0.25, -0.2) is 8.42 Å². The zero-order valence-corrected chi connectivity index (χ0v) is 13.2. The van der Waals surface area contributed by atoms with Crippen molar-refractivity contribution in [3.05, 3.63) is 54.1 Å². The molecule has 3 rings (SSSR count). The minimum atomic E-state index is -4.06. The molecule has 1 atom stereocenters. The molecular weight excluding hydrogens is 330 g/mol. The van der Waals surface area contributed by atoms with E-state index in [2.05, 4.69) is 0 Å². The molecule has 0 saturated heterocycles. The van der Waals surface area contributed by atoms with Gasteiger partial charge in [0.2, 0.25) is 0 Å². The van der Waals surface area contributed by atoms with Crippen molar-refractivity contribution in [2.75, 3.05) is 10.8 Å². The van der Waals surface area contributed by atoms with Crippen LogP contribution in [0.2, 0.25) is 0 Å². The molecule has 1 amide bonds. The molecule has 1 aliphatic heterocycles. The highest BCUT2D eigenvalue weighted by atomic mass is 32.2. The number of nitrogens with two attached hydrogens (primary N) is 1. The van der Waals surface area contributed by atoms with E-state index in [0.29, 0.717) is 5.69 Å². The number of nitrogens with zero attached hydrogens (tertiary/aromatic N) is 2. The molecule has 0 saturated carbocycles. The van der Waals surface area contributed by atoms with Crippen LogP contribution in [0.1, 0.15) is 5.56 Å². The van der Waals surface area contributed by atoms with Crippen LogP contribution in [0.25, 0.3) is 0 Å². The quantitative estimate of drug-likeness (QED) is 0.893. The Hall–Kier alpha value is -3.05. The summed E-state index contributed by atoms with van der Waals surface area (Å²) in [6.07, 6.45) is -1.11. The lowest BCUT2D eigenvalue weighted by Crippen LogP contribution is -2.49. The molecular formula is C16H13N3O4S. The molecule has 7 nitrogen and oxygen atoms in total. The van der Waals surface area contributed by atoms with Crippen LogP contribution in [0.4, 0.5) is 5.69 Å². The van der Waals surface area contributed by atoms with Crippen LogP contribution in [-0.4, -0.2) is 27.0 Å². The molecule has 0 bridgehead atoms. The zero-order valence-electron chi connectivity index (χ0n) is 12.4. The van der Waals surface area contributed by atoms with Crippen molar-refractivity contribution in [3.63, 3.8) is 0 Å². The first kappa shape index (κ1) is 15.8. The largest absolute Gasteiger partial charge is 0.476 e. The highest BCUT2D eigenvalue weighted by Crippen LogP contribution is 2.37. The SMILES string of the molecule is N#Cc1ccccc1S(=O)(=O)N1C[C@H](C(N)=O)Oc2ccccc21. The second-order valence-corrected chi connectivity index (χ2v) is 6.95. The van der Waals surface area contributed by atoms with E-state index in [0.717, 1.165) is 4.31 Å². The Kier molecular flexibility index (Phi) is 3.87. The monoisotopic (exact) mass is 343 g/mol. The summed E-state index contributed by atoms with van der Waals surface area (Å²) in [5.74, 6) is -0.524. The molecule has 0 aliphatic carbocycles. The number of carbonyl (C=O) groups excluding carboxylic acids is 1. The number of benzene rings is 2. The number of fused-ring (bicyclic) bond motifs is 1. The van der Waals surface area contributed by atoms with Gasteiger partial charge in [0.1, 0.15) is 16.7 Å². The molecule has 24 heavy (non-hydrogen) atoms. The van der Waals surface area contributed by atoms with E-state index in [-0.39, 0.29) is 22.8 Å². The summed E-state index contributed by atoms with van der Waals surface area (Å²) in [5.41, 5.74) is 5.61. The van der Waals surface area contributed by atoms with E-state index in [9.17, 15) is 18.5 Å². The molecule has 0 aromatic heterocycles. The number of para-hydroxylation sites is 2. The van der Waals surface area contributed by atoms with Crippen LogP contribution in [0.15, 0.2) is 53.4 Å². The standard InChI is InChI=1S/C16H13N3O4S/c17-9-11-5-1-4-8-15(11)24(21,22)19-10-14(16(18)20)23-13-7-3-2-6-12(13)19/h1-8,14H,10H2,(H2,18,20)/t14-/m1/s1. The van der Waals surface area contributed by atoms with Crippen molar-refractivity contribution >= 4 is 21.6 Å². The first-order valence-electron chi connectivity index (χ1n) is 7.02. The summed E-state index contributed by atoms with van der Waals surface area (Å²) in [5, 5.41) is 9.18. The lowest BCUT2D eigenvalue weighted by molar-refractivity contribution is -0.124.